The lowest BCUT2D eigenvalue weighted by Gasteiger charge is -2.35. The Balaban J connectivity index is 1.44. The van der Waals surface area contributed by atoms with Crippen molar-refractivity contribution >= 4 is 5.91 Å². The molecule has 2 aliphatic heterocycles. The summed E-state index contributed by atoms with van der Waals surface area (Å²) in [6.07, 6.45) is 7.45. The average molecular weight is 410 g/mol. The van der Waals surface area contributed by atoms with Crippen molar-refractivity contribution in [2.24, 2.45) is 18.4 Å². The molecule has 0 aliphatic carbocycles. The van der Waals surface area contributed by atoms with E-state index in [1.54, 1.807) is 0 Å². The second kappa shape index (κ2) is 8.90. The second-order valence-electron chi connectivity index (χ2n) is 9.44. The van der Waals surface area contributed by atoms with E-state index in [1.807, 2.05) is 48.1 Å². The molecule has 2 saturated heterocycles. The molecule has 0 N–H and O–H groups in total. The van der Waals surface area contributed by atoms with Crippen molar-refractivity contribution in [1.29, 1.82) is 0 Å². The molecule has 0 saturated carbocycles. The summed E-state index contributed by atoms with van der Waals surface area (Å²) in [5, 5.41) is 4.31. The number of carbonyl (C=O) groups excluding carboxylic acids is 1. The Morgan fingerprint density at radius 2 is 1.97 bits per heavy atom. The number of benzene rings is 1. The highest BCUT2D eigenvalue weighted by molar-refractivity contribution is 5.80. The van der Waals surface area contributed by atoms with Crippen LogP contribution in [0.2, 0.25) is 0 Å². The first-order valence-electron chi connectivity index (χ1n) is 11.1. The van der Waals surface area contributed by atoms with E-state index in [4.69, 9.17) is 0 Å². The Morgan fingerprint density at radius 3 is 2.70 bits per heavy atom. The maximum absolute atomic E-state index is 13.5. The Bertz CT molecular complexity index is 850. The Hall–Kier alpha value is -2.18. The fourth-order valence-electron chi connectivity index (χ4n) is 5.51. The van der Waals surface area contributed by atoms with Crippen LogP contribution in [0.15, 0.2) is 42.7 Å². The smallest absolute Gasteiger partial charge is 0.227 e. The van der Waals surface area contributed by atoms with E-state index < -0.39 is 0 Å². The third kappa shape index (κ3) is 4.60. The molecular weight excluding hydrogens is 374 g/mol. The van der Waals surface area contributed by atoms with Gasteiger partial charge in [0.25, 0.3) is 0 Å². The molecule has 0 unspecified atom stereocenters. The SMILES string of the molecule is CN1C[C@@H](C(=O)N(C)Cc2ccccc2)[C@]2(CCCN(Cc3cnn(C)c3)CC2)C1. The van der Waals surface area contributed by atoms with E-state index in [0.717, 1.165) is 52.0 Å². The number of rotatable bonds is 5. The van der Waals surface area contributed by atoms with Crippen molar-refractivity contribution in [2.45, 2.75) is 32.4 Å². The summed E-state index contributed by atoms with van der Waals surface area (Å²) >= 11 is 0. The summed E-state index contributed by atoms with van der Waals surface area (Å²) in [6, 6.07) is 10.3. The van der Waals surface area contributed by atoms with Crippen LogP contribution in [0.4, 0.5) is 0 Å². The normalized spacial score (nSPS) is 25.5. The Morgan fingerprint density at radius 1 is 1.17 bits per heavy atom. The maximum atomic E-state index is 13.5. The molecule has 2 fully saturated rings. The van der Waals surface area contributed by atoms with Crippen LogP contribution in [-0.2, 0) is 24.9 Å². The topological polar surface area (TPSA) is 44.6 Å². The van der Waals surface area contributed by atoms with Crippen LogP contribution in [0, 0.1) is 11.3 Å². The predicted octanol–water partition coefficient (Wildman–Crippen LogP) is 2.61. The maximum Gasteiger partial charge on any atom is 0.227 e. The summed E-state index contributed by atoms with van der Waals surface area (Å²) in [4.78, 5) is 20.4. The van der Waals surface area contributed by atoms with Gasteiger partial charge >= 0.3 is 0 Å². The Labute approximate surface area is 180 Å². The van der Waals surface area contributed by atoms with Gasteiger partial charge in [0, 0.05) is 52.0 Å². The van der Waals surface area contributed by atoms with E-state index >= 15 is 0 Å². The highest BCUT2D eigenvalue weighted by atomic mass is 16.2. The van der Waals surface area contributed by atoms with Crippen molar-refractivity contribution in [3.8, 4) is 0 Å². The molecule has 1 aromatic heterocycles. The monoisotopic (exact) mass is 409 g/mol. The fraction of sp³-hybridized carbons (Fsp3) is 0.583. The van der Waals surface area contributed by atoms with E-state index in [2.05, 4.69) is 40.3 Å². The number of aryl methyl sites for hydroxylation is 1. The van der Waals surface area contributed by atoms with Crippen LogP contribution in [0.1, 0.15) is 30.4 Å². The average Bonchev–Trinajstić information content (AvgIpc) is 3.21. The molecular formula is C24H35N5O. The van der Waals surface area contributed by atoms with Crippen LogP contribution in [0.5, 0.6) is 0 Å². The largest absolute Gasteiger partial charge is 0.341 e. The van der Waals surface area contributed by atoms with Crippen molar-refractivity contribution in [3.63, 3.8) is 0 Å². The molecule has 0 radical (unpaired) electrons. The van der Waals surface area contributed by atoms with Gasteiger partial charge in [-0.1, -0.05) is 30.3 Å². The van der Waals surface area contributed by atoms with Gasteiger partial charge in [0.1, 0.15) is 0 Å². The van der Waals surface area contributed by atoms with Crippen molar-refractivity contribution in [2.75, 3.05) is 40.3 Å². The molecule has 3 heterocycles. The number of nitrogens with zero attached hydrogens (tertiary/aromatic N) is 5. The second-order valence-corrected chi connectivity index (χ2v) is 9.44. The van der Waals surface area contributed by atoms with Crippen LogP contribution in [0.3, 0.4) is 0 Å². The number of hydrogen-bond acceptors (Lipinski definition) is 4. The molecule has 6 heteroatoms. The molecule has 2 atom stereocenters. The Kier molecular flexibility index (Phi) is 6.25. The van der Waals surface area contributed by atoms with Crippen molar-refractivity contribution < 1.29 is 4.79 Å². The number of carbonyl (C=O) groups is 1. The first-order valence-corrected chi connectivity index (χ1v) is 11.1. The van der Waals surface area contributed by atoms with E-state index in [0.29, 0.717) is 12.5 Å². The van der Waals surface area contributed by atoms with Crippen LogP contribution in [-0.4, -0.2) is 70.7 Å². The first-order chi connectivity index (χ1) is 14.4. The van der Waals surface area contributed by atoms with Gasteiger partial charge in [-0.15, -0.1) is 0 Å². The van der Waals surface area contributed by atoms with E-state index in [-0.39, 0.29) is 11.3 Å². The van der Waals surface area contributed by atoms with Gasteiger partial charge < -0.3 is 9.80 Å². The number of amides is 1. The third-order valence-electron chi connectivity index (χ3n) is 6.99. The number of aromatic nitrogens is 2. The zero-order valence-corrected chi connectivity index (χ0v) is 18.6. The molecule has 1 amide bonds. The van der Waals surface area contributed by atoms with Crippen LogP contribution in [0.25, 0.3) is 0 Å². The zero-order chi connectivity index (χ0) is 21.1. The molecule has 162 valence electrons. The number of hydrogen-bond donors (Lipinski definition) is 0. The van der Waals surface area contributed by atoms with Gasteiger partial charge in [0.05, 0.1) is 12.1 Å². The molecule has 1 spiro atoms. The molecule has 1 aromatic carbocycles. The molecule has 2 aromatic rings. The van der Waals surface area contributed by atoms with Crippen LogP contribution >= 0.6 is 0 Å². The van der Waals surface area contributed by atoms with Gasteiger partial charge in [-0.05, 0) is 50.4 Å². The minimum absolute atomic E-state index is 0.0922. The summed E-state index contributed by atoms with van der Waals surface area (Å²) < 4.78 is 1.87. The van der Waals surface area contributed by atoms with Gasteiger partial charge in [0.2, 0.25) is 5.91 Å². The molecule has 30 heavy (non-hydrogen) atoms. The predicted molar refractivity (Wildman–Crippen MR) is 119 cm³/mol. The lowest BCUT2D eigenvalue weighted by atomic mass is 9.72. The minimum Gasteiger partial charge on any atom is -0.341 e. The minimum atomic E-state index is 0.0922. The fourth-order valence-corrected chi connectivity index (χ4v) is 5.51. The molecule has 2 aliphatic rings. The lowest BCUT2D eigenvalue weighted by Crippen LogP contribution is -2.42. The summed E-state index contributed by atoms with van der Waals surface area (Å²) in [5.41, 5.74) is 2.56. The van der Waals surface area contributed by atoms with Gasteiger partial charge in [-0.2, -0.15) is 5.10 Å². The summed E-state index contributed by atoms with van der Waals surface area (Å²) in [5.74, 6) is 0.401. The standard InChI is InChI=1S/C24H35N5O/c1-26-18-22(23(30)27(2)15-20-8-5-4-6-9-20)24(19-26)10-7-12-29(13-11-24)17-21-14-25-28(3)16-21/h4-6,8-9,14,16,22H,7,10-13,15,17-19H2,1-3H3/t22-,24-/m0/s1. The molecule has 0 bridgehead atoms. The third-order valence-corrected chi connectivity index (χ3v) is 6.99. The summed E-state index contributed by atoms with van der Waals surface area (Å²) in [7, 11) is 6.11. The molecule has 4 rings (SSSR count). The summed E-state index contributed by atoms with van der Waals surface area (Å²) in [6.45, 7) is 5.69. The van der Waals surface area contributed by atoms with Gasteiger partial charge in [0.15, 0.2) is 0 Å². The van der Waals surface area contributed by atoms with Gasteiger partial charge in [-0.25, -0.2) is 0 Å². The zero-order valence-electron chi connectivity index (χ0n) is 18.6. The highest BCUT2D eigenvalue weighted by Gasteiger charge is 2.49. The first kappa shape index (κ1) is 21.1. The number of likely N-dealkylation sites (tertiary alicyclic amines) is 2. The van der Waals surface area contributed by atoms with Crippen LogP contribution < -0.4 is 0 Å². The van der Waals surface area contributed by atoms with Gasteiger partial charge in [-0.3, -0.25) is 14.4 Å². The lowest BCUT2D eigenvalue weighted by molar-refractivity contribution is -0.137. The van der Waals surface area contributed by atoms with E-state index in [9.17, 15) is 4.79 Å². The van der Waals surface area contributed by atoms with E-state index in [1.165, 1.54) is 11.1 Å². The van der Waals surface area contributed by atoms with Crippen molar-refractivity contribution in [3.05, 3.63) is 53.9 Å². The quantitative estimate of drug-likeness (QED) is 0.762. The van der Waals surface area contributed by atoms with Crippen molar-refractivity contribution in [1.82, 2.24) is 24.5 Å². The molecule has 6 nitrogen and oxygen atoms in total. The highest BCUT2D eigenvalue weighted by Crippen LogP contribution is 2.45.